The fourth-order valence-corrected chi connectivity index (χ4v) is 5.38. The van der Waals surface area contributed by atoms with Gasteiger partial charge in [-0.05, 0) is 44.5 Å². The molecule has 4 aromatic rings. The van der Waals surface area contributed by atoms with E-state index in [1.807, 2.05) is 43.3 Å². The third kappa shape index (κ3) is 5.98. The lowest BCUT2D eigenvalue weighted by Gasteiger charge is -2.13. The second kappa shape index (κ2) is 13.7. The zero-order chi connectivity index (χ0) is 28.5. The lowest BCUT2D eigenvalue weighted by molar-refractivity contribution is -0.147. The minimum atomic E-state index is -0.582. The van der Waals surface area contributed by atoms with E-state index >= 15 is 0 Å². The highest BCUT2D eigenvalue weighted by Crippen LogP contribution is 2.45. The van der Waals surface area contributed by atoms with Gasteiger partial charge in [-0.25, -0.2) is 4.79 Å². The summed E-state index contributed by atoms with van der Waals surface area (Å²) in [5.74, 6) is -0.491. The van der Waals surface area contributed by atoms with Gasteiger partial charge in [-0.1, -0.05) is 104 Å². The molecule has 0 heterocycles. The van der Waals surface area contributed by atoms with Crippen LogP contribution in [0.25, 0.3) is 22.3 Å². The Bertz CT molecular complexity index is 1260. The van der Waals surface area contributed by atoms with Gasteiger partial charge in [-0.2, -0.15) is 0 Å². The highest BCUT2D eigenvalue weighted by Gasteiger charge is 2.29. The van der Waals surface area contributed by atoms with Crippen molar-refractivity contribution in [2.45, 2.75) is 25.2 Å². The van der Waals surface area contributed by atoms with Gasteiger partial charge in [0, 0.05) is 25.4 Å². The number of aliphatic hydroxyl groups excluding tert-OH is 2. The Balaban J connectivity index is 0.000000174. The largest absolute Gasteiger partial charge is 0.465 e. The number of esters is 2. The number of aliphatic hydroxyl groups is 2. The summed E-state index contributed by atoms with van der Waals surface area (Å²) in [7, 11) is 1.00. The van der Waals surface area contributed by atoms with E-state index in [0.29, 0.717) is 13.0 Å². The maximum absolute atomic E-state index is 11.4. The van der Waals surface area contributed by atoms with Crippen molar-refractivity contribution in [1.82, 2.24) is 0 Å². The fraction of sp³-hybridized carbons (Fsp3) is 0.235. The third-order valence-electron chi connectivity index (χ3n) is 7.16. The van der Waals surface area contributed by atoms with Crippen molar-refractivity contribution in [2.75, 3.05) is 26.9 Å². The Morgan fingerprint density at radius 2 is 0.875 bits per heavy atom. The highest BCUT2D eigenvalue weighted by atomic mass is 16.5. The molecule has 40 heavy (non-hydrogen) atoms. The van der Waals surface area contributed by atoms with Gasteiger partial charge in [0.2, 0.25) is 0 Å². The molecule has 0 aliphatic heterocycles. The maximum Gasteiger partial charge on any atom is 0.331 e. The van der Waals surface area contributed by atoms with E-state index < -0.39 is 12.6 Å². The SMILES string of the molecule is CCC(=O)OCC1c2ccccc2-c2ccccc21.CO.O=C(CO)OCC1c2ccccc2-c2ccccc21. The minimum absolute atomic E-state index is 0.0582. The maximum atomic E-state index is 11.4. The van der Waals surface area contributed by atoms with E-state index in [2.05, 4.69) is 60.7 Å². The van der Waals surface area contributed by atoms with Crippen LogP contribution < -0.4 is 0 Å². The lowest BCUT2D eigenvalue weighted by Crippen LogP contribution is -2.14. The van der Waals surface area contributed by atoms with E-state index in [-0.39, 0.29) is 24.4 Å². The molecule has 4 aromatic carbocycles. The predicted octanol–water partition coefficient (Wildman–Crippen LogP) is 5.70. The Labute approximate surface area is 234 Å². The summed E-state index contributed by atoms with van der Waals surface area (Å²) in [5.41, 5.74) is 9.78. The van der Waals surface area contributed by atoms with Gasteiger partial charge in [0.25, 0.3) is 0 Å². The monoisotopic (exact) mass is 538 g/mol. The first kappa shape index (κ1) is 28.7. The van der Waals surface area contributed by atoms with E-state index in [9.17, 15) is 9.59 Å². The van der Waals surface area contributed by atoms with Crippen LogP contribution in [0.2, 0.25) is 0 Å². The Morgan fingerprint density at radius 1 is 0.575 bits per heavy atom. The van der Waals surface area contributed by atoms with Crippen LogP contribution in [0.4, 0.5) is 0 Å². The number of ether oxygens (including phenoxy) is 2. The first-order valence-electron chi connectivity index (χ1n) is 13.4. The molecule has 6 rings (SSSR count). The summed E-state index contributed by atoms with van der Waals surface area (Å²) in [6.45, 7) is 1.95. The standard InChI is InChI=1S/C17H16O2.C16H14O3.CH4O/c1-2-17(18)19-11-16-14-9-5-3-7-12(14)13-8-4-6-10-15(13)16;17-9-16(18)19-10-15-13-7-3-1-5-11(13)12-6-2-4-8-14(12)15;1-2/h3-10,16H,2,11H2,1H3;1-8,15,17H,9-10H2;2H,1H3. The topological polar surface area (TPSA) is 93.1 Å². The van der Waals surface area contributed by atoms with Gasteiger partial charge < -0.3 is 19.7 Å². The molecule has 0 unspecified atom stereocenters. The molecule has 2 N–H and O–H groups in total. The Hall–Kier alpha value is -4.26. The Morgan fingerprint density at radius 3 is 1.18 bits per heavy atom. The molecule has 0 bridgehead atoms. The van der Waals surface area contributed by atoms with Crippen LogP contribution in [-0.4, -0.2) is 49.1 Å². The number of carbonyl (C=O) groups excluding carboxylic acids is 2. The van der Waals surface area contributed by atoms with E-state index in [1.165, 1.54) is 44.5 Å². The smallest absolute Gasteiger partial charge is 0.331 e. The average molecular weight is 539 g/mol. The number of benzene rings is 4. The van der Waals surface area contributed by atoms with Crippen molar-refractivity contribution in [3.8, 4) is 22.3 Å². The van der Waals surface area contributed by atoms with Crippen molar-refractivity contribution in [1.29, 1.82) is 0 Å². The van der Waals surface area contributed by atoms with Crippen molar-refractivity contribution in [2.24, 2.45) is 0 Å². The summed E-state index contributed by atoms with van der Waals surface area (Å²) in [4.78, 5) is 22.5. The number of carbonyl (C=O) groups is 2. The van der Waals surface area contributed by atoms with Gasteiger partial charge in [0.15, 0.2) is 0 Å². The van der Waals surface area contributed by atoms with Gasteiger partial charge in [-0.15, -0.1) is 0 Å². The number of fused-ring (bicyclic) bond motifs is 6. The van der Waals surface area contributed by atoms with Crippen LogP contribution in [0.1, 0.15) is 47.4 Å². The molecular weight excluding hydrogens is 504 g/mol. The molecule has 0 amide bonds. The number of hydrogen-bond acceptors (Lipinski definition) is 6. The molecule has 0 saturated carbocycles. The second-order valence-electron chi connectivity index (χ2n) is 9.33. The summed E-state index contributed by atoms with van der Waals surface area (Å²) in [6.07, 6.45) is 0.427. The van der Waals surface area contributed by atoms with Gasteiger partial charge in [-0.3, -0.25) is 4.79 Å². The molecule has 206 valence electrons. The zero-order valence-corrected chi connectivity index (χ0v) is 22.7. The second-order valence-corrected chi connectivity index (χ2v) is 9.33. The van der Waals surface area contributed by atoms with Crippen LogP contribution in [-0.2, 0) is 19.1 Å². The van der Waals surface area contributed by atoms with Crippen LogP contribution in [0, 0.1) is 0 Å². The van der Waals surface area contributed by atoms with Gasteiger partial charge in [0.05, 0.1) is 0 Å². The summed E-state index contributed by atoms with van der Waals surface area (Å²) < 4.78 is 10.4. The van der Waals surface area contributed by atoms with Crippen LogP contribution in [0.5, 0.6) is 0 Å². The van der Waals surface area contributed by atoms with Crippen molar-refractivity contribution in [3.63, 3.8) is 0 Å². The van der Waals surface area contributed by atoms with Gasteiger partial charge in [0.1, 0.15) is 19.8 Å². The molecule has 0 saturated heterocycles. The first-order chi connectivity index (χ1) is 19.6. The first-order valence-corrected chi connectivity index (χ1v) is 13.4. The minimum Gasteiger partial charge on any atom is -0.465 e. The molecule has 6 nitrogen and oxygen atoms in total. The summed E-state index contributed by atoms with van der Waals surface area (Å²) >= 11 is 0. The summed E-state index contributed by atoms with van der Waals surface area (Å²) in [5, 5.41) is 15.7. The summed E-state index contributed by atoms with van der Waals surface area (Å²) in [6, 6.07) is 33.0. The van der Waals surface area contributed by atoms with Gasteiger partial charge >= 0.3 is 11.9 Å². The molecule has 0 radical (unpaired) electrons. The van der Waals surface area contributed by atoms with Crippen molar-refractivity contribution >= 4 is 11.9 Å². The fourth-order valence-electron chi connectivity index (χ4n) is 5.38. The quantitative estimate of drug-likeness (QED) is 0.306. The molecule has 0 atom stereocenters. The van der Waals surface area contributed by atoms with E-state index in [1.54, 1.807) is 0 Å². The van der Waals surface area contributed by atoms with Crippen LogP contribution >= 0.6 is 0 Å². The zero-order valence-electron chi connectivity index (χ0n) is 22.7. The van der Waals surface area contributed by atoms with E-state index in [0.717, 1.165) is 7.11 Å². The van der Waals surface area contributed by atoms with Crippen molar-refractivity contribution in [3.05, 3.63) is 119 Å². The average Bonchev–Trinajstić information content (AvgIpc) is 3.52. The molecule has 6 heteroatoms. The van der Waals surface area contributed by atoms with E-state index in [4.69, 9.17) is 19.7 Å². The molecular formula is C34H34O6. The molecule has 2 aliphatic rings. The normalized spacial score (nSPS) is 12.4. The molecule has 0 aromatic heterocycles. The lowest BCUT2D eigenvalue weighted by atomic mass is 9.98. The number of hydrogen-bond donors (Lipinski definition) is 2. The molecule has 2 aliphatic carbocycles. The van der Waals surface area contributed by atoms with Crippen LogP contribution in [0.3, 0.4) is 0 Å². The molecule has 0 spiro atoms. The molecule has 0 fully saturated rings. The highest BCUT2D eigenvalue weighted by molar-refractivity contribution is 5.80. The predicted molar refractivity (Wildman–Crippen MR) is 155 cm³/mol. The van der Waals surface area contributed by atoms with Crippen molar-refractivity contribution < 1.29 is 29.3 Å². The number of rotatable bonds is 6. The van der Waals surface area contributed by atoms with Crippen LogP contribution in [0.15, 0.2) is 97.1 Å². The Kier molecular flexibility index (Phi) is 9.84. The third-order valence-corrected chi connectivity index (χ3v) is 7.16.